The van der Waals surface area contributed by atoms with Crippen molar-refractivity contribution in [2.24, 2.45) is 5.84 Å². The van der Waals surface area contributed by atoms with Crippen molar-refractivity contribution in [1.29, 1.82) is 0 Å². The number of likely N-dealkylation sites (N-methyl/N-ethyl adjacent to an activating group) is 1. The highest BCUT2D eigenvalue weighted by molar-refractivity contribution is 5.13. The maximum Gasteiger partial charge on any atom is 0.0717 e. The number of ether oxygens (including phenoxy) is 1. The van der Waals surface area contributed by atoms with E-state index in [2.05, 4.69) is 29.5 Å². The second-order valence-electron chi connectivity index (χ2n) is 4.95. The first-order chi connectivity index (χ1) is 10.8. The molecule has 120 valence electrons. The molecule has 0 spiro atoms. The molecule has 0 unspecified atom stereocenters. The molecule has 0 heterocycles. The van der Waals surface area contributed by atoms with E-state index in [1.54, 1.807) is 0 Å². The molecule has 3 N–H and O–H groups in total. The minimum Gasteiger partial charge on any atom is -0.375 e. The summed E-state index contributed by atoms with van der Waals surface area (Å²) in [5, 5.41) is 0. The first-order valence-corrected chi connectivity index (χ1v) is 7.56. The largest absolute Gasteiger partial charge is 0.375 e. The van der Waals surface area contributed by atoms with Gasteiger partial charge in [0.1, 0.15) is 0 Å². The summed E-state index contributed by atoms with van der Waals surface area (Å²) in [5.74, 6) is 5.20. The third-order valence-corrected chi connectivity index (χ3v) is 3.03. The summed E-state index contributed by atoms with van der Waals surface area (Å²) in [6, 6.07) is 22.2. The van der Waals surface area contributed by atoms with Crippen LogP contribution >= 0.6 is 0 Å². The smallest absolute Gasteiger partial charge is 0.0717 e. The van der Waals surface area contributed by atoms with Crippen LogP contribution in [0.15, 0.2) is 66.7 Å². The number of hydrazine groups is 1. The lowest BCUT2D eigenvalue weighted by molar-refractivity contribution is 0.0998. The number of rotatable bonds is 8. The maximum absolute atomic E-state index is 5.58. The van der Waals surface area contributed by atoms with Gasteiger partial charge in [0, 0.05) is 19.6 Å². The van der Waals surface area contributed by atoms with E-state index in [1.807, 2.05) is 54.6 Å². The molecule has 2 rings (SSSR count). The van der Waals surface area contributed by atoms with Crippen LogP contribution in [0.3, 0.4) is 0 Å². The predicted octanol–water partition coefficient (Wildman–Crippen LogP) is 2.28. The number of nitrogens with one attached hydrogen (secondary N) is 1. The standard InChI is InChI=1S/C12H21N3O.C6H6/c1-15(8-7-14-13)9-10-16-11-12-5-3-2-4-6-12;1-2-4-6-5-3-1/h2-6,14H,7-11,13H2,1H3;1-6H. The summed E-state index contributed by atoms with van der Waals surface area (Å²) >= 11 is 0. The molecular weight excluding hydrogens is 274 g/mol. The Morgan fingerprint density at radius 2 is 1.45 bits per heavy atom. The Labute approximate surface area is 133 Å². The minimum atomic E-state index is 0.684. The van der Waals surface area contributed by atoms with Crippen LogP contribution in [0.4, 0.5) is 0 Å². The van der Waals surface area contributed by atoms with Gasteiger partial charge in [-0.25, -0.2) is 0 Å². The van der Waals surface area contributed by atoms with Crippen molar-refractivity contribution in [3.8, 4) is 0 Å². The van der Waals surface area contributed by atoms with Crippen LogP contribution in [-0.4, -0.2) is 38.2 Å². The fourth-order valence-corrected chi connectivity index (χ4v) is 1.74. The molecule has 0 aliphatic rings. The van der Waals surface area contributed by atoms with Crippen molar-refractivity contribution in [2.75, 3.05) is 33.3 Å². The summed E-state index contributed by atoms with van der Waals surface area (Å²) in [4.78, 5) is 2.19. The summed E-state index contributed by atoms with van der Waals surface area (Å²) in [5.41, 5.74) is 3.85. The van der Waals surface area contributed by atoms with Crippen LogP contribution in [0.1, 0.15) is 5.56 Å². The Morgan fingerprint density at radius 1 is 0.909 bits per heavy atom. The van der Waals surface area contributed by atoms with Crippen molar-refractivity contribution in [3.63, 3.8) is 0 Å². The lowest BCUT2D eigenvalue weighted by Gasteiger charge is -2.15. The Balaban J connectivity index is 0.000000335. The zero-order chi connectivity index (χ0) is 15.9. The summed E-state index contributed by atoms with van der Waals surface area (Å²) < 4.78 is 5.58. The SMILES string of the molecule is CN(CCNN)CCOCc1ccccc1.c1ccccc1. The zero-order valence-electron chi connectivity index (χ0n) is 13.3. The third-order valence-electron chi connectivity index (χ3n) is 3.03. The summed E-state index contributed by atoms with van der Waals surface area (Å²) in [7, 11) is 2.06. The van der Waals surface area contributed by atoms with E-state index < -0.39 is 0 Å². The van der Waals surface area contributed by atoms with Gasteiger partial charge in [-0.15, -0.1) is 0 Å². The topological polar surface area (TPSA) is 50.5 Å². The fourth-order valence-electron chi connectivity index (χ4n) is 1.74. The monoisotopic (exact) mass is 301 g/mol. The third kappa shape index (κ3) is 10.1. The molecule has 0 fully saturated rings. The van der Waals surface area contributed by atoms with Crippen LogP contribution in [0, 0.1) is 0 Å². The lowest BCUT2D eigenvalue weighted by atomic mass is 10.2. The second kappa shape index (κ2) is 13.0. The maximum atomic E-state index is 5.58. The molecule has 2 aromatic carbocycles. The normalized spacial score (nSPS) is 10.1. The molecular formula is C18H27N3O. The number of nitrogens with zero attached hydrogens (tertiary/aromatic N) is 1. The quantitative estimate of drug-likeness (QED) is 0.446. The molecule has 22 heavy (non-hydrogen) atoms. The van der Waals surface area contributed by atoms with Gasteiger partial charge in [0.05, 0.1) is 13.2 Å². The highest BCUT2D eigenvalue weighted by Crippen LogP contribution is 2.00. The van der Waals surface area contributed by atoms with Gasteiger partial charge in [-0.3, -0.25) is 11.3 Å². The van der Waals surface area contributed by atoms with E-state index in [1.165, 1.54) is 5.56 Å². The van der Waals surface area contributed by atoms with Gasteiger partial charge in [-0.1, -0.05) is 66.7 Å². The van der Waals surface area contributed by atoms with Gasteiger partial charge in [-0.2, -0.15) is 0 Å². The minimum absolute atomic E-state index is 0.684. The van der Waals surface area contributed by atoms with E-state index >= 15 is 0 Å². The van der Waals surface area contributed by atoms with Gasteiger partial charge in [-0.05, 0) is 12.6 Å². The van der Waals surface area contributed by atoms with Crippen LogP contribution in [0.5, 0.6) is 0 Å². The van der Waals surface area contributed by atoms with E-state index in [9.17, 15) is 0 Å². The average Bonchev–Trinajstić information content (AvgIpc) is 2.60. The lowest BCUT2D eigenvalue weighted by Crippen LogP contribution is -2.34. The van der Waals surface area contributed by atoms with Gasteiger partial charge in [0.15, 0.2) is 0 Å². The number of benzene rings is 2. The van der Waals surface area contributed by atoms with Gasteiger partial charge < -0.3 is 9.64 Å². The van der Waals surface area contributed by atoms with Crippen LogP contribution in [0.2, 0.25) is 0 Å². The molecule has 0 aliphatic carbocycles. The van der Waals surface area contributed by atoms with Crippen LogP contribution < -0.4 is 11.3 Å². The highest BCUT2D eigenvalue weighted by Gasteiger charge is 1.97. The summed E-state index contributed by atoms with van der Waals surface area (Å²) in [6.45, 7) is 4.09. The number of hydrogen-bond acceptors (Lipinski definition) is 4. The van der Waals surface area contributed by atoms with E-state index in [0.29, 0.717) is 6.61 Å². The summed E-state index contributed by atoms with van der Waals surface area (Å²) in [6.07, 6.45) is 0. The molecule has 0 saturated heterocycles. The molecule has 0 aromatic heterocycles. The van der Waals surface area contributed by atoms with Gasteiger partial charge in [0.2, 0.25) is 0 Å². The first kappa shape index (κ1) is 18.3. The number of nitrogens with two attached hydrogens (primary N) is 1. The van der Waals surface area contributed by atoms with Crippen molar-refractivity contribution >= 4 is 0 Å². The second-order valence-corrected chi connectivity index (χ2v) is 4.95. The van der Waals surface area contributed by atoms with Crippen molar-refractivity contribution in [3.05, 3.63) is 72.3 Å². The Morgan fingerprint density at radius 3 is 2.00 bits per heavy atom. The Bertz CT molecular complexity index is 424. The molecule has 0 radical (unpaired) electrons. The molecule has 0 saturated carbocycles. The fraction of sp³-hybridized carbons (Fsp3) is 0.333. The molecule has 4 heteroatoms. The molecule has 0 atom stereocenters. The zero-order valence-corrected chi connectivity index (χ0v) is 13.3. The van der Waals surface area contributed by atoms with Crippen LogP contribution in [-0.2, 0) is 11.3 Å². The van der Waals surface area contributed by atoms with E-state index in [-0.39, 0.29) is 0 Å². The van der Waals surface area contributed by atoms with Gasteiger partial charge >= 0.3 is 0 Å². The molecule has 2 aromatic rings. The highest BCUT2D eigenvalue weighted by atomic mass is 16.5. The number of hydrogen-bond donors (Lipinski definition) is 2. The van der Waals surface area contributed by atoms with E-state index in [0.717, 1.165) is 26.2 Å². The molecule has 0 amide bonds. The van der Waals surface area contributed by atoms with E-state index in [4.69, 9.17) is 10.6 Å². The Kier molecular flexibility index (Phi) is 10.8. The van der Waals surface area contributed by atoms with Crippen molar-refractivity contribution in [1.82, 2.24) is 10.3 Å². The predicted molar refractivity (Wildman–Crippen MR) is 92.2 cm³/mol. The first-order valence-electron chi connectivity index (χ1n) is 7.56. The van der Waals surface area contributed by atoms with Crippen molar-refractivity contribution in [2.45, 2.75) is 6.61 Å². The molecule has 0 aliphatic heterocycles. The Hall–Kier alpha value is -1.72. The molecule has 0 bridgehead atoms. The van der Waals surface area contributed by atoms with Crippen LogP contribution in [0.25, 0.3) is 0 Å². The average molecular weight is 301 g/mol. The van der Waals surface area contributed by atoms with Crippen molar-refractivity contribution < 1.29 is 4.74 Å². The van der Waals surface area contributed by atoms with Gasteiger partial charge in [0.25, 0.3) is 0 Å². The molecule has 4 nitrogen and oxygen atoms in total.